The second-order valence-corrected chi connectivity index (χ2v) is 9.05. The third-order valence-corrected chi connectivity index (χ3v) is 6.30. The van der Waals surface area contributed by atoms with Crippen molar-refractivity contribution in [1.82, 2.24) is 4.90 Å². The van der Waals surface area contributed by atoms with Gasteiger partial charge in [-0.15, -0.1) is 0 Å². The Hall–Kier alpha value is -3.43. The van der Waals surface area contributed by atoms with Gasteiger partial charge in [-0.25, -0.2) is 0 Å². The zero-order valence-corrected chi connectivity index (χ0v) is 19.5. The number of halogens is 1. The number of ether oxygens (including phenoxy) is 1. The fraction of sp³-hybridized carbons (Fsp3) is 0.0833. The number of thioether (sulfide) groups is 1. The van der Waals surface area contributed by atoms with Crippen molar-refractivity contribution in [2.75, 3.05) is 0 Å². The summed E-state index contributed by atoms with van der Waals surface area (Å²) in [5.41, 5.74) is 1.89. The third-order valence-electron chi connectivity index (χ3n) is 4.86. The van der Waals surface area contributed by atoms with Crippen LogP contribution >= 0.6 is 27.7 Å². The number of imide groups is 1. The van der Waals surface area contributed by atoms with Gasteiger partial charge in [0.2, 0.25) is 0 Å². The lowest BCUT2D eigenvalue weighted by molar-refractivity contribution is -0.385. The van der Waals surface area contributed by atoms with Crippen LogP contribution in [0.15, 0.2) is 82.2 Å². The second kappa shape index (κ2) is 10.0. The van der Waals surface area contributed by atoms with Crippen LogP contribution in [0.5, 0.6) is 5.75 Å². The van der Waals surface area contributed by atoms with Gasteiger partial charge in [0.05, 0.1) is 16.4 Å². The Labute approximate surface area is 202 Å². The summed E-state index contributed by atoms with van der Waals surface area (Å²) in [6.45, 7) is 0.235. The van der Waals surface area contributed by atoms with E-state index in [-0.39, 0.29) is 17.1 Å². The fourth-order valence-corrected chi connectivity index (χ4v) is 4.32. The zero-order chi connectivity index (χ0) is 23.4. The van der Waals surface area contributed by atoms with Crippen molar-refractivity contribution in [3.63, 3.8) is 0 Å². The first-order chi connectivity index (χ1) is 15.9. The third kappa shape index (κ3) is 5.50. The molecule has 0 aromatic heterocycles. The highest BCUT2D eigenvalue weighted by Crippen LogP contribution is 2.34. The van der Waals surface area contributed by atoms with Gasteiger partial charge in [0.15, 0.2) is 0 Å². The summed E-state index contributed by atoms with van der Waals surface area (Å²) in [5.74, 6) is 0.148. The molecule has 0 N–H and O–H groups in total. The van der Waals surface area contributed by atoms with E-state index in [0.717, 1.165) is 26.7 Å². The van der Waals surface area contributed by atoms with Crippen LogP contribution in [0.25, 0.3) is 6.08 Å². The molecule has 0 spiro atoms. The molecular weight excluding hydrogens is 508 g/mol. The number of benzene rings is 3. The predicted molar refractivity (Wildman–Crippen MR) is 130 cm³/mol. The summed E-state index contributed by atoms with van der Waals surface area (Å²) in [5, 5.41) is 10.8. The molecular formula is C24H17BrN2O5S. The van der Waals surface area contributed by atoms with Gasteiger partial charge in [0.25, 0.3) is 16.8 Å². The highest BCUT2D eigenvalue weighted by Gasteiger charge is 2.36. The first kappa shape index (κ1) is 22.8. The Balaban J connectivity index is 1.48. The van der Waals surface area contributed by atoms with Crippen LogP contribution in [0.4, 0.5) is 10.5 Å². The predicted octanol–water partition coefficient (Wildman–Crippen LogP) is 6.17. The molecule has 9 heteroatoms. The maximum absolute atomic E-state index is 12.8. The molecule has 1 heterocycles. The molecule has 4 rings (SSSR count). The average Bonchev–Trinajstić information content (AvgIpc) is 3.06. The number of nitro benzene ring substituents is 1. The molecule has 3 aromatic carbocycles. The van der Waals surface area contributed by atoms with Gasteiger partial charge in [-0.05, 0) is 53.2 Å². The van der Waals surface area contributed by atoms with Crippen LogP contribution in [0.1, 0.15) is 16.7 Å². The van der Waals surface area contributed by atoms with E-state index < -0.39 is 16.1 Å². The van der Waals surface area contributed by atoms with Gasteiger partial charge in [-0.3, -0.25) is 24.6 Å². The standard InChI is InChI=1S/C24H17BrN2O5S/c25-19-10-8-16(9-11-19)15-32-20-6-3-4-17(12-20)13-22-23(28)26(24(29)33-22)14-18-5-1-2-7-21(18)27(30)31/h1-13H,14-15H2/b22-13-. The Morgan fingerprint density at radius 3 is 2.55 bits per heavy atom. The van der Waals surface area contributed by atoms with Crippen molar-refractivity contribution in [3.8, 4) is 5.75 Å². The largest absolute Gasteiger partial charge is 0.489 e. The monoisotopic (exact) mass is 524 g/mol. The first-order valence-electron chi connectivity index (χ1n) is 9.86. The molecule has 2 amide bonds. The van der Waals surface area contributed by atoms with E-state index in [1.54, 1.807) is 30.3 Å². The van der Waals surface area contributed by atoms with Gasteiger partial charge < -0.3 is 4.74 Å². The van der Waals surface area contributed by atoms with Crippen LogP contribution < -0.4 is 4.74 Å². The van der Waals surface area contributed by atoms with E-state index in [2.05, 4.69) is 15.9 Å². The molecule has 1 aliphatic heterocycles. The lowest BCUT2D eigenvalue weighted by atomic mass is 10.1. The molecule has 1 fully saturated rings. The van der Waals surface area contributed by atoms with Crippen LogP contribution in [0, 0.1) is 10.1 Å². The lowest BCUT2D eigenvalue weighted by Gasteiger charge is -2.12. The number of hydrogen-bond donors (Lipinski definition) is 0. The molecule has 33 heavy (non-hydrogen) atoms. The lowest BCUT2D eigenvalue weighted by Crippen LogP contribution is -2.27. The zero-order valence-electron chi connectivity index (χ0n) is 17.1. The maximum atomic E-state index is 12.8. The van der Waals surface area contributed by atoms with Crippen LogP contribution in [-0.4, -0.2) is 21.0 Å². The SMILES string of the molecule is O=C1S/C(=C\c2cccc(OCc3ccc(Br)cc3)c2)C(=O)N1Cc1ccccc1[N+](=O)[O-]. The molecule has 0 unspecified atom stereocenters. The topological polar surface area (TPSA) is 89.8 Å². The van der Waals surface area contributed by atoms with E-state index in [1.165, 1.54) is 12.1 Å². The highest BCUT2D eigenvalue weighted by molar-refractivity contribution is 9.10. The summed E-state index contributed by atoms with van der Waals surface area (Å²) in [4.78, 5) is 37.3. The summed E-state index contributed by atoms with van der Waals surface area (Å²) in [6, 6.07) is 21.1. The van der Waals surface area contributed by atoms with E-state index >= 15 is 0 Å². The smallest absolute Gasteiger partial charge is 0.293 e. The molecule has 0 radical (unpaired) electrons. The number of para-hydroxylation sites is 1. The number of nitrogens with zero attached hydrogens (tertiary/aromatic N) is 2. The van der Waals surface area contributed by atoms with Gasteiger partial charge >= 0.3 is 0 Å². The number of amides is 2. The quantitative estimate of drug-likeness (QED) is 0.208. The summed E-state index contributed by atoms with van der Waals surface area (Å²) >= 11 is 4.21. The van der Waals surface area contributed by atoms with Crippen LogP contribution in [-0.2, 0) is 17.9 Å². The molecule has 0 aliphatic carbocycles. The first-order valence-corrected chi connectivity index (χ1v) is 11.5. The Morgan fingerprint density at radius 2 is 1.79 bits per heavy atom. The van der Waals surface area contributed by atoms with E-state index in [1.807, 2.05) is 36.4 Å². The Morgan fingerprint density at radius 1 is 1.03 bits per heavy atom. The molecule has 3 aromatic rings. The molecule has 0 bridgehead atoms. The normalized spacial score (nSPS) is 14.7. The van der Waals surface area contributed by atoms with Crippen molar-refractivity contribution in [2.45, 2.75) is 13.2 Å². The number of carbonyl (C=O) groups excluding carboxylic acids is 2. The fourth-order valence-electron chi connectivity index (χ4n) is 3.22. The summed E-state index contributed by atoms with van der Waals surface area (Å²) < 4.78 is 6.83. The van der Waals surface area contributed by atoms with E-state index in [0.29, 0.717) is 23.5 Å². The minimum Gasteiger partial charge on any atom is -0.489 e. The highest BCUT2D eigenvalue weighted by atomic mass is 79.9. The molecule has 166 valence electrons. The Kier molecular flexibility index (Phi) is 6.90. The van der Waals surface area contributed by atoms with Gasteiger partial charge in [-0.2, -0.15) is 0 Å². The molecule has 1 aliphatic rings. The number of nitro groups is 1. The molecule has 7 nitrogen and oxygen atoms in total. The number of rotatable bonds is 7. The number of hydrogen-bond acceptors (Lipinski definition) is 6. The van der Waals surface area contributed by atoms with Crippen molar-refractivity contribution >= 4 is 50.6 Å². The summed E-state index contributed by atoms with van der Waals surface area (Å²) in [7, 11) is 0. The minimum absolute atomic E-state index is 0.129. The maximum Gasteiger partial charge on any atom is 0.293 e. The van der Waals surface area contributed by atoms with Crippen LogP contribution in [0.3, 0.4) is 0 Å². The molecule has 0 saturated carbocycles. The van der Waals surface area contributed by atoms with E-state index in [9.17, 15) is 19.7 Å². The molecule has 0 atom stereocenters. The minimum atomic E-state index is -0.524. The summed E-state index contributed by atoms with van der Waals surface area (Å²) in [6.07, 6.45) is 1.62. The van der Waals surface area contributed by atoms with Gasteiger partial charge in [-0.1, -0.05) is 58.4 Å². The number of carbonyl (C=O) groups is 2. The van der Waals surface area contributed by atoms with Crippen LogP contribution in [0.2, 0.25) is 0 Å². The van der Waals surface area contributed by atoms with Crippen molar-refractivity contribution in [3.05, 3.63) is 109 Å². The van der Waals surface area contributed by atoms with Gasteiger partial charge in [0.1, 0.15) is 12.4 Å². The van der Waals surface area contributed by atoms with Crippen molar-refractivity contribution in [1.29, 1.82) is 0 Å². The average molecular weight is 525 g/mol. The second-order valence-electron chi connectivity index (χ2n) is 7.14. The molecule has 1 saturated heterocycles. The van der Waals surface area contributed by atoms with Gasteiger partial charge in [0, 0.05) is 16.1 Å². The van der Waals surface area contributed by atoms with E-state index in [4.69, 9.17) is 4.74 Å². The van der Waals surface area contributed by atoms with Crippen molar-refractivity contribution in [2.24, 2.45) is 0 Å². The Bertz CT molecular complexity index is 1260. The van der Waals surface area contributed by atoms with Crippen molar-refractivity contribution < 1.29 is 19.2 Å².